The van der Waals surface area contributed by atoms with Crippen LogP contribution in [0.4, 0.5) is 11.4 Å². The van der Waals surface area contributed by atoms with Crippen molar-refractivity contribution in [2.75, 3.05) is 11.5 Å². The molecule has 0 saturated heterocycles. The smallest absolute Gasteiger partial charge is 0.189 e. The molecule has 0 amide bonds. The second-order valence-electron chi connectivity index (χ2n) is 9.36. The van der Waals surface area contributed by atoms with Gasteiger partial charge in [0.2, 0.25) is 0 Å². The fourth-order valence-corrected chi connectivity index (χ4v) is 16.4. The van der Waals surface area contributed by atoms with Gasteiger partial charge in [0.05, 0.1) is 33.8 Å². The second-order valence-corrected chi connectivity index (χ2v) is 20.7. The van der Waals surface area contributed by atoms with Crippen LogP contribution in [0.1, 0.15) is 39.5 Å². The summed E-state index contributed by atoms with van der Waals surface area (Å²) in [7, 11) is -4.14. The molecule has 33 heavy (non-hydrogen) atoms. The minimum absolute atomic E-state index is 0.331. The van der Waals surface area contributed by atoms with Crippen LogP contribution in [0.25, 0.3) is 0 Å². The van der Waals surface area contributed by atoms with Crippen LogP contribution >= 0.6 is 24.1 Å². The van der Waals surface area contributed by atoms with Crippen molar-refractivity contribution < 1.29 is 12.5 Å². The van der Waals surface area contributed by atoms with Gasteiger partial charge in [-0.15, -0.1) is 0 Å². The molecule has 0 saturated carbocycles. The van der Waals surface area contributed by atoms with E-state index in [1.807, 2.05) is 48.5 Å². The molecule has 184 valence electrons. The Morgan fingerprint density at radius 2 is 1.00 bits per heavy atom. The average Bonchev–Trinajstić information content (AvgIpc) is 2.75. The maximum absolute atomic E-state index is 7.11. The summed E-state index contributed by atoms with van der Waals surface area (Å²) in [6, 6.07) is 15.1. The third kappa shape index (κ3) is 9.12. The first-order valence-corrected chi connectivity index (χ1v) is 19.2. The van der Waals surface area contributed by atoms with Crippen molar-refractivity contribution in [3.05, 3.63) is 48.5 Å². The summed E-state index contributed by atoms with van der Waals surface area (Å²) in [5.74, 6) is 1.65. The molecule has 5 nitrogen and oxygen atoms in total. The number of benzene rings is 2. The highest BCUT2D eigenvalue weighted by Crippen LogP contribution is 2.36. The van der Waals surface area contributed by atoms with Gasteiger partial charge in [0, 0.05) is 11.4 Å². The van der Waals surface area contributed by atoms with Gasteiger partial charge in [-0.05, 0) is 87.6 Å². The molecule has 0 radical (unpaired) electrons. The lowest BCUT2D eigenvalue weighted by Gasteiger charge is -2.41. The number of hydrogen-bond acceptors (Lipinski definition) is 7. The van der Waals surface area contributed by atoms with Gasteiger partial charge in [0.1, 0.15) is 11.5 Å². The zero-order chi connectivity index (χ0) is 24.5. The van der Waals surface area contributed by atoms with Crippen LogP contribution in [0.15, 0.2) is 48.5 Å². The fraction of sp³-hybridized carbons (Fsp3) is 0.500. The standard InChI is InChI=1S/C24H40N2O3S2Si2/c1-7-9-23(30-27-21-15-11-19(25)12-16-21)32(3,4)29-33(5,6)24(10-8-2)31-28-22-17-13-20(26)14-18-22/h11-18,23-24H,7-10,25-26H2,1-6H3. The number of nitrogens with two attached hydrogens (primary N) is 2. The Hall–Kier alpha value is -1.27. The van der Waals surface area contributed by atoms with E-state index in [1.165, 1.54) is 0 Å². The number of nitrogen functional groups attached to an aromatic ring is 2. The van der Waals surface area contributed by atoms with E-state index in [4.69, 9.17) is 23.9 Å². The third-order valence-electron chi connectivity index (χ3n) is 5.46. The van der Waals surface area contributed by atoms with Gasteiger partial charge in [0.15, 0.2) is 16.6 Å². The molecule has 0 aliphatic rings. The highest BCUT2D eigenvalue weighted by molar-refractivity contribution is 7.97. The zero-order valence-corrected chi connectivity index (χ0v) is 24.4. The first-order chi connectivity index (χ1) is 15.6. The van der Waals surface area contributed by atoms with E-state index in [2.05, 4.69) is 40.0 Å². The first-order valence-electron chi connectivity index (χ1n) is 11.6. The highest BCUT2D eigenvalue weighted by Gasteiger charge is 2.44. The maximum Gasteiger partial charge on any atom is 0.189 e. The Balaban J connectivity index is 2.07. The van der Waals surface area contributed by atoms with Crippen molar-refractivity contribution in [3.63, 3.8) is 0 Å². The minimum atomic E-state index is -2.07. The molecule has 0 bridgehead atoms. The van der Waals surface area contributed by atoms with Gasteiger partial charge in [-0.25, -0.2) is 0 Å². The summed E-state index contributed by atoms with van der Waals surface area (Å²) in [5, 5.41) is 0. The Morgan fingerprint density at radius 1 is 0.667 bits per heavy atom. The van der Waals surface area contributed by atoms with Crippen LogP contribution in [-0.4, -0.2) is 26.4 Å². The van der Waals surface area contributed by atoms with Crippen LogP contribution < -0.4 is 19.8 Å². The Kier molecular flexibility index (Phi) is 11.0. The maximum atomic E-state index is 7.11. The predicted octanol–water partition coefficient (Wildman–Crippen LogP) is 7.45. The normalized spacial score (nSPS) is 14.0. The Morgan fingerprint density at radius 3 is 1.30 bits per heavy atom. The molecule has 4 N–H and O–H groups in total. The van der Waals surface area contributed by atoms with Gasteiger partial charge in [-0.2, -0.15) is 0 Å². The molecule has 0 spiro atoms. The summed E-state index contributed by atoms with van der Waals surface area (Å²) < 4.78 is 19.3. The lowest BCUT2D eigenvalue weighted by atomic mass is 10.3. The first kappa shape index (κ1) is 28.0. The molecule has 0 fully saturated rings. The van der Waals surface area contributed by atoms with Gasteiger partial charge in [0.25, 0.3) is 0 Å². The molecule has 9 heteroatoms. The molecule has 2 aromatic carbocycles. The number of hydrogen-bond donors (Lipinski definition) is 2. The molecular formula is C24H40N2O3S2Si2. The molecular weight excluding hydrogens is 485 g/mol. The van der Waals surface area contributed by atoms with Crippen molar-refractivity contribution in [2.45, 2.75) is 75.5 Å². The Bertz CT molecular complexity index is 767. The summed E-state index contributed by atoms with van der Waals surface area (Å²) in [6.45, 7) is 13.8. The highest BCUT2D eigenvalue weighted by atomic mass is 32.2. The van der Waals surface area contributed by atoms with E-state index >= 15 is 0 Å². The molecule has 2 aromatic rings. The van der Waals surface area contributed by atoms with Crippen molar-refractivity contribution >= 4 is 52.1 Å². The summed E-state index contributed by atoms with van der Waals surface area (Å²) >= 11 is 3.12. The minimum Gasteiger partial charge on any atom is -0.454 e. The molecule has 0 heterocycles. The van der Waals surface area contributed by atoms with Crippen LogP contribution in [0.5, 0.6) is 11.5 Å². The van der Waals surface area contributed by atoms with Crippen molar-refractivity contribution in [1.82, 2.24) is 0 Å². The predicted molar refractivity (Wildman–Crippen MR) is 152 cm³/mol. The van der Waals surface area contributed by atoms with E-state index in [0.717, 1.165) is 48.6 Å². The van der Waals surface area contributed by atoms with E-state index in [1.54, 1.807) is 24.1 Å². The molecule has 0 aromatic heterocycles. The van der Waals surface area contributed by atoms with E-state index < -0.39 is 16.6 Å². The summed E-state index contributed by atoms with van der Waals surface area (Å²) in [6.07, 6.45) is 4.32. The molecule has 2 rings (SSSR count). The van der Waals surface area contributed by atoms with Gasteiger partial charge in [-0.3, -0.25) is 0 Å². The molecule has 0 aliphatic heterocycles. The SMILES string of the molecule is CCCC(SOc1ccc(N)cc1)[Si](C)(C)O[Si](C)(C)C(CCC)SOc1ccc(N)cc1. The van der Waals surface area contributed by atoms with E-state index in [0.29, 0.717) is 9.75 Å². The second kappa shape index (κ2) is 13.0. The van der Waals surface area contributed by atoms with Crippen LogP contribution in [0, 0.1) is 0 Å². The lowest BCUT2D eigenvalue weighted by Crippen LogP contribution is -2.56. The number of rotatable bonds is 14. The summed E-state index contributed by atoms with van der Waals surface area (Å²) in [4.78, 5) is 0.661. The third-order valence-corrected chi connectivity index (χ3v) is 18.8. The zero-order valence-electron chi connectivity index (χ0n) is 20.8. The van der Waals surface area contributed by atoms with Crippen LogP contribution in [0.2, 0.25) is 26.2 Å². The largest absolute Gasteiger partial charge is 0.454 e. The average molecular weight is 525 g/mol. The molecule has 2 atom stereocenters. The fourth-order valence-electron chi connectivity index (χ4n) is 3.63. The van der Waals surface area contributed by atoms with Gasteiger partial charge in [-0.1, -0.05) is 26.7 Å². The summed E-state index contributed by atoms with van der Waals surface area (Å²) in [5.41, 5.74) is 13.1. The monoisotopic (exact) mass is 524 g/mol. The molecule has 2 unspecified atom stereocenters. The quantitative estimate of drug-likeness (QED) is 0.151. The lowest BCUT2D eigenvalue weighted by molar-refractivity contribution is 0.514. The van der Waals surface area contributed by atoms with Crippen LogP contribution in [0.3, 0.4) is 0 Å². The topological polar surface area (TPSA) is 79.7 Å². The van der Waals surface area contributed by atoms with E-state index in [-0.39, 0.29) is 0 Å². The van der Waals surface area contributed by atoms with Gasteiger partial charge < -0.3 is 23.9 Å². The van der Waals surface area contributed by atoms with Crippen LogP contribution in [-0.2, 0) is 4.12 Å². The van der Waals surface area contributed by atoms with E-state index in [9.17, 15) is 0 Å². The number of anilines is 2. The van der Waals surface area contributed by atoms with Gasteiger partial charge >= 0.3 is 0 Å². The van der Waals surface area contributed by atoms with Crippen molar-refractivity contribution in [1.29, 1.82) is 0 Å². The molecule has 0 aliphatic carbocycles. The van der Waals surface area contributed by atoms with Crippen molar-refractivity contribution in [3.8, 4) is 11.5 Å². The van der Waals surface area contributed by atoms with Crippen molar-refractivity contribution in [2.24, 2.45) is 0 Å². The Labute approximate surface area is 211 Å².